The monoisotopic (exact) mass is 208 g/mol. The molecule has 0 aromatic carbocycles. The van der Waals surface area contributed by atoms with E-state index in [0.29, 0.717) is 0 Å². The van der Waals surface area contributed by atoms with E-state index >= 15 is 0 Å². The Hall–Kier alpha value is -0.830. The lowest BCUT2D eigenvalue weighted by atomic mass is 9.99. The average Bonchev–Trinajstić information content (AvgIpc) is 2.88. The van der Waals surface area contributed by atoms with Gasteiger partial charge in [0, 0.05) is 18.9 Å². The fourth-order valence-electron chi connectivity index (χ4n) is 2.04. The SMILES string of the molecule is CC1CCOC1.c1n[nH]c2c1CCCC2. The van der Waals surface area contributed by atoms with Crippen LogP contribution >= 0.6 is 0 Å². The first-order chi connectivity index (χ1) is 7.36. The van der Waals surface area contributed by atoms with Gasteiger partial charge in [0.2, 0.25) is 0 Å². The molecule has 1 atom stereocenters. The van der Waals surface area contributed by atoms with Crippen molar-refractivity contribution in [3.63, 3.8) is 0 Å². The lowest BCUT2D eigenvalue weighted by Crippen LogP contribution is -1.99. The minimum Gasteiger partial charge on any atom is -0.381 e. The molecule has 3 rings (SSSR count). The van der Waals surface area contributed by atoms with Crippen LogP contribution in [-0.4, -0.2) is 23.4 Å². The Balaban J connectivity index is 0.000000124. The van der Waals surface area contributed by atoms with Crippen LogP contribution < -0.4 is 0 Å². The van der Waals surface area contributed by atoms with Crippen molar-refractivity contribution >= 4 is 0 Å². The second-order valence-corrected chi connectivity index (χ2v) is 4.55. The van der Waals surface area contributed by atoms with Gasteiger partial charge in [0.15, 0.2) is 0 Å². The Morgan fingerprint density at radius 2 is 2.27 bits per heavy atom. The van der Waals surface area contributed by atoms with Crippen molar-refractivity contribution in [3.8, 4) is 0 Å². The maximum Gasteiger partial charge on any atom is 0.0522 e. The maximum atomic E-state index is 5.06. The van der Waals surface area contributed by atoms with Crippen LogP contribution in [0.5, 0.6) is 0 Å². The summed E-state index contributed by atoms with van der Waals surface area (Å²) in [4.78, 5) is 0. The molecule has 0 saturated carbocycles. The minimum atomic E-state index is 0.824. The number of ether oxygens (including phenoxy) is 1. The first-order valence-corrected chi connectivity index (χ1v) is 5.95. The van der Waals surface area contributed by atoms with Gasteiger partial charge in [-0.05, 0) is 43.6 Å². The Morgan fingerprint density at radius 3 is 2.87 bits per heavy atom. The molecule has 1 unspecified atom stereocenters. The van der Waals surface area contributed by atoms with Crippen molar-refractivity contribution in [2.24, 2.45) is 5.92 Å². The summed E-state index contributed by atoms with van der Waals surface area (Å²) >= 11 is 0. The summed E-state index contributed by atoms with van der Waals surface area (Å²) < 4.78 is 5.06. The highest BCUT2D eigenvalue weighted by molar-refractivity contribution is 5.18. The molecule has 0 amide bonds. The lowest BCUT2D eigenvalue weighted by Gasteiger charge is -2.07. The second kappa shape index (κ2) is 5.31. The van der Waals surface area contributed by atoms with Crippen LogP contribution in [0.25, 0.3) is 0 Å². The quantitative estimate of drug-likeness (QED) is 0.710. The van der Waals surface area contributed by atoms with Crippen LogP contribution in [0.4, 0.5) is 0 Å². The van der Waals surface area contributed by atoms with E-state index in [1.807, 2.05) is 6.20 Å². The molecule has 0 radical (unpaired) electrons. The highest BCUT2D eigenvalue weighted by Crippen LogP contribution is 2.17. The molecule has 1 fully saturated rings. The van der Waals surface area contributed by atoms with Crippen molar-refractivity contribution in [2.45, 2.75) is 39.0 Å². The Morgan fingerprint density at radius 1 is 1.40 bits per heavy atom. The first kappa shape index (κ1) is 10.7. The van der Waals surface area contributed by atoms with E-state index in [-0.39, 0.29) is 0 Å². The van der Waals surface area contributed by atoms with Gasteiger partial charge in [-0.2, -0.15) is 5.10 Å². The summed E-state index contributed by atoms with van der Waals surface area (Å²) in [6.07, 6.45) is 8.32. The number of fused-ring (bicyclic) bond motifs is 1. The summed E-state index contributed by atoms with van der Waals surface area (Å²) in [6, 6.07) is 0. The first-order valence-electron chi connectivity index (χ1n) is 5.95. The van der Waals surface area contributed by atoms with E-state index < -0.39 is 0 Å². The van der Waals surface area contributed by atoms with E-state index in [0.717, 1.165) is 19.1 Å². The minimum absolute atomic E-state index is 0.824. The second-order valence-electron chi connectivity index (χ2n) is 4.55. The molecule has 1 aromatic heterocycles. The molecule has 3 nitrogen and oxygen atoms in total. The van der Waals surface area contributed by atoms with Crippen LogP contribution in [0.15, 0.2) is 6.20 Å². The van der Waals surface area contributed by atoms with Crippen LogP contribution in [0, 0.1) is 5.92 Å². The maximum absolute atomic E-state index is 5.06. The summed E-state index contributed by atoms with van der Waals surface area (Å²) in [5, 5.41) is 6.99. The smallest absolute Gasteiger partial charge is 0.0522 e. The third-order valence-corrected chi connectivity index (χ3v) is 3.09. The van der Waals surface area contributed by atoms with Crippen LogP contribution in [0.1, 0.15) is 37.4 Å². The summed E-state index contributed by atoms with van der Waals surface area (Å²) in [6.45, 7) is 4.19. The van der Waals surface area contributed by atoms with Gasteiger partial charge in [0.05, 0.1) is 6.20 Å². The summed E-state index contributed by atoms with van der Waals surface area (Å²) in [5.41, 5.74) is 2.79. The zero-order valence-electron chi connectivity index (χ0n) is 9.46. The highest BCUT2D eigenvalue weighted by Gasteiger charge is 2.09. The number of aromatic amines is 1. The van der Waals surface area contributed by atoms with Crippen LogP contribution in [-0.2, 0) is 17.6 Å². The molecule has 15 heavy (non-hydrogen) atoms. The number of hydrogen-bond acceptors (Lipinski definition) is 2. The van der Waals surface area contributed by atoms with Crippen LogP contribution in [0.3, 0.4) is 0 Å². The van der Waals surface area contributed by atoms with Gasteiger partial charge in [-0.1, -0.05) is 6.92 Å². The van der Waals surface area contributed by atoms with Gasteiger partial charge >= 0.3 is 0 Å². The molecule has 1 aromatic rings. The molecule has 0 bridgehead atoms. The third-order valence-electron chi connectivity index (χ3n) is 3.09. The predicted octanol–water partition coefficient (Wildman–Crippen LogP) is 2.33. The van der Waals surface area contributed by atoms with E-state index in [4.69, 9.17) is 4.74 Å². The number of aromatic nitrogens is 2. The van der Waals surface area contributed by atoms with Gasteiger partial charge in [-0.25, -0.2) is 0 Å². The zero-order chi connectivity index (χ0) is 10.5. The number of rotatable bonds is 0. The molecule has 0 spiro atoms. The Bertz CT molecular complexity index is 269. The molecule has 1 saturated heterocycles. The number of hydrogen-bond donors (Lipinski definition) is 1. The van der Waals surface area contributed by atoms with E-state index in [1.54, 1.807) is 0 Å². The van der Waals surface area contributed by atoms with Crippen molar-refractivity contribution in [3.05, 3.63) is 17.5 Å². The molecule has 1 aliphatic heterocycles. The number of nitrogens with one attached hydrogen (secondary N) is 1. The highest BCUT2D eigenvalue weighted by atomic mass is 16.5. The molecule has 84 valence electrons. The molecular formula is C12H20N2O. The van der Waals surface area contributed by atoms with Crippen molar-refractivity contribution in [2.75, 3.05) is 13.2 Å². The third kappa shape index (κ3) is 3.06. The van der Waals surface area contributed by atoms with Gasteiger partial charge in [-0.15, -0.1) is 0 Å². The lowest BCUT2D eigenvalue weighted by molar-refractivity contribution is 0.188. The van der Waals surface area contributed by atoms with Gasteiger partial charge in [0.25, 0.3) is 0 Å². The number of H-pyrrole nitrogens is 1. The summed E-state index contributed by atoms with van der Waals surface area (Å²) in [7, 11) is 0. The molecular weight excluding hydrogens is 188 g/mol. The zero-order valence-corrected chi connectivity index (χ0v) is 9.46. The Labute approximate surface area is 91.2 Å². The average molecular weight is 208 g/mol. The fourth-order valence-corrected chi connectivity index (χ4v) is 2.04. The molecule has 1 aliphatic carbocycles. The number of nitrogens with zero attached hydrogens (tertiary/aromatic N) is 1. The van der Waals surface area contributed by atoms with Crippen molar-refractivity contribution in [1.29, 1.82) is 0 Å². The van der Waals surface area contributed by atoms with E-state index in [2.05, 4.69) is 17.1 Å². The normalized spacial score (nSPS) is 24.2. The standard InChI is InChI=1S/C7H10N2.C5H10O/c1-2-4-7-6(3-1)5-8-9-7;1-5-2-3-6-4-5/h5H,1-4H2,(H,8,9);5H,2-4H2,1H3. The number of aryl methyl sites for hydroxylation is 2. The van der Waals surface area contributed by atoms with Crippen LogP contribution in [0.2, 0.25) is 0 Å². The fraction of sp³-hybridized carbons (Fsp3) is 0.750. The van der Waals surface area contributed by atoms with E-state index in [1.165, 1.54) is 43.4 Å². The Kier molecular flexibility index (Phi) is 3.78. The largest absolute Gasteiger partial charge is 0.381 e. The van der Waals surface area contributed by atoms with Gasteiger partial charge < -0.3 is 4.74 Å². The molecule has 2 aliphatic rings. The molecule has 2 heterocycles. The molecule has 3 heteroatoms. The molecule has 1 N–H and O–H groups in total. The van der Waals surface area contributed by atoms with Gasteiger partial charge in [-0.3, -0.25) is 5.10 Å². The van der Waals surface area contributed by atoms with Gasteiger partial charge in [0.1, 0.15) is 0 Å². The predicted molar refractivity (Wildman–Crippen MR) is 59.8 cm³/mol. The van der Waals surface area contributed by atoms with Crippen molar-refractivity contribution in [1.82, 2.24) is 10.2 Å². The van der Waals surface area contributed by atoms with E-state index in [9.17, 15) is 0 Å². The van der Waals surface area contributed by atoms with Crippen molar-refractivity contribution < 1.29 is 4.74 Å². The topological polar surface area (TPSA) is 37.9 Å². The summed E-state index contributed by atoms with van der Waals surface area (Å²) in [5.74, 6) is 0.824.